The lowest BCUT2D eigenvalue weighted by atomic mass is 9.98. The summed E-state index contributed by atoms with van der Waals surface area (Å²) in [4.78, 5) is 0. The fourth-order valence-corrected chi connectivity index (χ4v) is 2.09. The van der Waals surface area contributed by atoms with E-state index in [9.17, 15) is 4.39 Å². The number of methoxy groups -OCH3 is 1. The summed E-state index contributed by atoms with van der Waals surface area (Å²) in [5, 5.41) is 3.22. The van der Waals surface area contributed by atoms with Crippen molar-refractivity contribution in [2.75, 3.05) is 14.2 Å². The molecule has 0 amide bonds. The molecular weight excluding hydrogens is 217 g/mol. The van der Waals surface area contributed by atoms with Gasteiger partial charge in [-0.1, -0.05) is 31.5 Å². The summed E-state index contributed by atoms with van der Waals surface area (Å²) in [6, 6.07) is 7.07. The van der Waals surface area contributed by atoms with Crippen LogP contribution in [-0.4, -0.2) is 26.3 Å². The summed E-state index contributed by atoms with van der Waals surface area (Å²) < 4.78 is 19.0. The van der Waals surface area contributed by atoms with Gasteiger partial charge in [-0.15, -0.1) is 0 Å². The van der Waals surface area contributed by atoms with Crippen molar-refractivity contribution in [2.24, 2.45) is 0 Å². The Morgan fingerprint density at radius 2 is 2.06 bits per heavy atom. The molecule has 0 aliphatic rings. The highest BCUT2D eigenvalue weighted by Gasteiger charge is 2.20. The van der Waals surface area contributed by atoms with Gasteiger partial charge in [0.15, 0.2) is 0 Å². The molecule has 0 aliphatic heterocycles. The predicted octanol–water partition coefficient (Wildman–Crippen LogP) is 2.77. The zero-order valence-corrected chi connectivity index (χ0v) is 10.9. The Labute approximate surface area is 103 Å². The van der Waals surface area contributed by atoms with Crippen LogP contribution in [0.25, 0.3) is 0 Å². The minimum absolute atomic E-state index is 0.129. The molecule has 0 heterocycles. The summed E-state index contributed by atoms with van der Waals surface area (Å²) in [7, 11) is 3.61. The van der Waals surface area contributed by atoms with Crippen molar-refractivity contribution in [1.29, 1.82) is 0 Å². The van der Waals surface area contributed by atoms with Crippen molar-refractivity contribution in [3.63, 3.8) is 0 Å². The maximum Gasteiger partial charge on any atom is 0.126 e. The summed E-state index contributed by atoms with van der Waals surface area (Å²) in [5.74, 6) is -0.140. The van der Waals surface area contributed by atoms with Gasteiger partial charge < -0.3 is 10.1 Å². The van der Waals surface area contributed by atoms with Gasteiger partial charge in [0.2, 0.25) is 0 Å². The van der Waals surface area contributed by atoms with Gasteiger partial charge in [-0.25, -0.2) is 4.39 Å². The molecule has 1 aromatic carbocycles. The molecule has 0 radical (unpaired) electrons. The van der Waals surface area contributed by atoms with Crippen LogP contribution < -0.4 is 5.32 Å². The van der Waals surface area contributed by atoms with E-state index in [4.69, 9.17) is 4.74 Å². The monoisotopic (exact) mass is 239 g/mol. The van der Waals surface area contributed by atoms with Gasteiger partial charge in [0.05, 0.1) is 6.10 Å². The fourth-order valence-electron chi connectivity index (χ4n) is 2.09. The Morgan fingerprint density at radius 1 is 1.35 bits per heavy atom. The highest BCUT2D eigenvalue weighted by molar-refractivity contribution is 5.18. The minimum Gasteiger partial charge on any atom is -0.380 e. The molecular formula is C14H22FNO. The van der Waals surface area contributed by atoms with Crippen LogP contribution in [0.15, 0.2) is 24.3 Å². The highest BCUT2D eigenvalue weighted by atomic mass is 19.1. The normalized spacial score (nSPS) is 14.6. The minimum atomic E-state index is -0.140. The van der Waals surface area contributed by atoms with Crippen molar-refractivity contribution in [3.8, 4) is 0 Å². The van der Waals surface area contributed by atoms with Gasteiger partial charge in [0.1, 0.15) is 5.82 Å². The molecule has 0 saturated heterocycles. The zero-order chi connectivity index (χ0) is 12.7. The summed E-state index contributed by atoms with van der Waals surface area (Å²) in [5.41, 5.74) is 0.741. The second kappa shape index (κ2) is 7.41. The van der Waals surface area contributed by atoms with Gasteiger partial charge in [0.25, 0.3) is 0 Å². The van der Waals surface area contributed by atoms with E-state index >= 15 is 0 Å². The molecule has 2 unspecified atom stereocenters. The van der Waals surface area contributed by atoms with E-state index in [-0.39, 0.29) is 18.0 Å². The van der Waals surface area contributed by atoms with E-state index < -0.39 is 0 Å². The van der Waals surface area contributed by atoms with Crippen molar-refractivity contribution in [2.45, 2.75) is 38.3 Å². The van der Waals surface area contributed by atoms with E-state index in [0.29, 0.717) is 6.42 Å². The van der Waals surface area contributed by atoms with E-state index in [1.165, 1.54) is 6.07 Å². The average molecular weight is 239 g/mol. The van der Waals surface area contributed by atoms with Crippen LogP contribution >= 0.6 is 0 Å². The van der Waals surface area contributed by atoms with Gasteiger partial charge in [-0.2, -0.15) is 0 Å². The number of likely N-dealkylation sites (N-methyl/N-ethyl adjacent to an activating group) is 1. The summed E-state index contributed by atoms with van der Waals surface area (Å²) >= 11 is 0. The van der Waals surface area contributed by atoms with Gasteiger partial charge in [-0.05, 0) is 31.5 Å². The van der Waals surface area contributed by atoms with Crippen molar-refractivity contribution in [1.82, 2.24) is 5.32 Å². The van der Waals surface area contributed by atoms with Gasteiger partial charge in [0, 0.05) is 13.2 Å². The molecule has 0 saturated carbocycles. The first kappa shape index (κ1) is 14.1. The predicted molar refractivity (Wildman–Crippen MR) is 68.7 cm³/mol. The summed E-state index contributed by atoms with van der Waals surface area (Å²) in [6.07, 6.45) is 2.83. The molecule has 1 N–H and O–H groups in total. The molecule has 3 heteroatoms. The molecule has 0 spiro atoms. The second-order valence-electron chi connectivity index (χ2n) is 4.25. The largest absolute Gasteiger partial charge is 0.380 e. The van der Waals surface area contributed by atoms with Gasteiger partial charge >= 0.3 is 0 Å². The van der Waals surface area contributed by atoms with E-state index in [1.807, 2.05) is 19.2 Å². The lowest BCUT2D eigenvalue weighted by Gasteiger charge is -2.25. The fraction of sp³-hybridized carbons (Fsp3) is 0.571. The maximum absolute atomic E-state index is 13.6. The molecule has 96 valence electrons. The molecule has 17 heavy (non-hydrogen) atoms. The average Bonchev–Trinajstić information content (AvgIpc) is 2.35. The quantitative estimate of drug-likeness (QED) is 0.790. The topological polar surface area (TPSA) is 21.3 Å². The lowest BCUT2D eigenvalue weighted by Crippen LogP contribution is -2.40. The van der Waals surface area contributed by atoms with E-state index in [0.717, 1.165) is 18.4 Å². The molecule has 0 fully saturated rings. The standard InChI is InChI=1S/C14H22FNO/c1-4-7-14(17-3)13(16-2)10-11-8-5-6-9-12(11)15/h5-6,8-9,13-14,16H,4,7,10H2,1-3H3. The Hall–Kier alpha value is -0.930. The first-order valence-corrected chi connectivity index (χ1v) is 6.16. The van der Waals surface area contributed by atoms with Gasteiger partial charge in [-0.3, -0.25) is 0 Å². The Morgan fingerprint density at radius 3 is 2.59 bits per heavy atom. The Kier molecular flexibility index (Phi) is 6.16. The van der Waals surface area contributed by atoms with Crippen LogP contribution in [0.5, 0.6) is 0 Å². The molecule has 0 bridgehead atoms. The number of hydrogen-bond acceptors (Lipinski definition) is 2. The van der Waals surface area contributed by atoms with E-state index in [2.05, 4.69) is 12.2 Å². The summed E-state index contributed by atoms with van der Waals surface area (Å²) in [6.45, 7) is 2.13. The maximum atomic E-state index is 13.6. The van der Waals surface area contributed by atoms with Crippen molar-refractivity contribution >= 4 is 0 Å². The lowest BCUT2D eigenvalue weighted by molar-refractivity contribution is 0.0631. The number of benzene rings is 1. The van der Waals surface area contributed by atoms with Crippen LogP contribution in [-0.2, 0) is 11.2 Å². The van der Waals surface area contributed by atoms with Crippen LogP contribution in [0.1, 0.15) is 25.3 Å². The number of hydrogen-bond donors (Lipinski definition) is 1. The second-order valence-corrected chi connectivity index (χ2v) is 4.25. The number of ether oxygens (including phenoxy) is 1. The molecule has 0 aromatic heterocycles. The SMILES string of the molecule is CCCC(OC)C(Cc1ccccc1F)NC. The first-order valence-electron chi connectivity index (χ1n) is 6.16. The molecule has 1 aromatic rings. The Balaban J connectivity index is 2.72. The Bertz CT molecular complexity index is 330. The molecule has 2 nitrogen and oxygen atoms in total. The van der Waals surface area contributed by atoms with Crippen LogP contribution in [0.4, 0.5) is 4.39 Å². The number of halogens is 1. The van der Waals surface area contributed by atoms with Crippen LogP contribution in [0.2, 0.25) is 0 Å². The molecule has 0 aliphatic carbocycles. The molecule has 2 atom stereocenters. The molecule has 1 rings (SSSR count). The first-order chi connectivity index (χ1) is 8.22. The number of rotatable bonds is 7. The third kappa shape index (κ3) is 4.10. The van der Waals surface area contributed by atoms with Crippen LogP contribution in [0.3, 0.4) is 0 Å². The zero-order valence-electron chi connectivity index (χ0n) is 10.9. The smallest absolute Gasteiger partial charge is 0.126 e. The third-order valence-corrected chi connectivity index (χ3v) is 3.09. The number of nitrogens with one attached hydrogen (secondary N) is 1. The highest BCUT2D eigenvalue weighted by Crippen LogP contribution is 2.14. The van der Waals surface area contributed by atoms with Crippen molar-refractivity contribution in [3.05, 3.63) is 35.6 Å². The van der Waals surface area contributed by atoms with E-state index in [1.54, 1.807) is 13.2 Å². The third-order valence-electron chi connectivity index (χ3n) is 3.09. The van der Waals surface area contributed by atoms with Crippen LogP contribution in [0, 0.1) is 5.82 Å². The van der Waals surface area contributed by atoms with Crippen molar-refractivity contribution < 1.29 is 9.13 Å².